The predicted octanol–water partition coefficient (Wildman–Crippen LogP) is 6.35. The fraction of sp³-hybridized carbons (Fsp3) is 0.417. The third-order valence-corrected chi connectivity index (χ3v) is 5.24. The number of rotatable bonds is 9. The Morgan fingerprint density at radius 1 is 0.815 bits per heavy atom. The smallest absolute Gasteiger partial charge is 0.0917 e. The number of unbranched alkanes of at least 4 members (excludes halogenated alkanes) is 2. The summed E-state index contributed by atoms with van der Waals surface area (Å²) in [5.41, 5.74) is 1.02. The second kappa shape index (κ2) is 10.7. The van der Waals surface area contributed by atoms with E-state index < -0.39 is 6.10 Å². The van der Waals surface area contributed by atoms with Gasteiger partial charge in [0.1, 0.15) is 0 Å². The average molecular weight is 386 g/mol. The van der Waals surface area contributed by atoms with Crippen molar-refractivity contribution in [3.05, 3.63) is 60.2 Å². The van der Waals surface area contributed by atoms with Crippen LogP contribution in [0, 0.1) is 0 Å². The Morgan fingerprint density at radius 3 is 2.07 bits per heavy atom. The highest BCUT2D eigenvalue weighted by Gasteiger charge is 2.14. The number of hydrogen-bond acceptors (Lipinski definition) is 2. The molecule has 27 heavy (non-hydrogen) atoms. The monoisotopic (exact) mass is 385 g/mol. The van der Waals surface area contributed by atoms with Crippen molar-refractivity contribution in [1.29, 1.82) is 0 Å². The van der Waals surface area contributed by atoms with E-state index in [2.05, 4.69) is 73.3 Å². The van der Waals surface area contributed by atoms with Crippen LogP contribution in [-0.2, 0) is 0 Å². The van der Waals surface area contributed by atoms with Crippen LogP contribution in [0.3, 0.4) is 0 Å². The van der Waals surface area contributed by atoms with E-state index in [-0.39, 0.29) is 12.4 Å². The van der Waals surface area contributed by atoms with Gasteiger partial charge < -0.3 is 10.0 Å². The maximum absolute atomic E-state index is 10.9. The molecule has 3 aromatic rings. The van der Waals surface area contributed by atoms with Gasteiger partial charge in [0.25, 0.3) is 0 Å². The molecule has 0 bridgehead atoms. The molecule has 3 aromatic carbocycles. The SMILES string of the molecule is CCCCN(CCCC)CC(O)c1ccc2ccc3ccccc3c2c1.Cl. The fourth-order valence-electron chi connectivity index (χ4n) is 3.63. The summed E-state index contributed by atoms with van der Waals surface area (Å²) in [5, 5.41) is 15.8. The summed E-state index contributed by atoms with van der Waals surface area (Å²) in [6, 6.07) is 19.2. The molecule has 1 atom stereocenters. The summed E-state index contributed by atoms with van der Waals surface area (Å²) in [5.74, 6) is 0. The maximum Gasteiger partial charge on any atom is 0.0917 e. The van der Waals surface area contributed by atoms with Gasteiger partial charge in [-0.25, -0.2) is 0 Å². The number of aliphatic hydroxyl groups excluding tert-OH is 1. The van der Waals surface area contributed by atoms with Gasteiger partial charge >= 0.3 is 0 Å². The van der Waals surface area contributed by atoms with Gasteiger partial charge in [-0.2, -0.15) is 0 Å². The van der Waals surface area contributed by atoms with Crippen LogP contribution in [0.4, 0.5) is 0 Å². The highest BCUT2D eigenvalue weighted by molar-refractivity contribution is 6.07. The van der Waals surface area contributed by atoms with Crippen molar-refractivity contribution in [2.24, 2.45) is 0 Å². The molecule has 0 aliphatic carbocycles. The molecule has 3 rings (SSSR count). The molecule has 0 amide bonds. The zero-order valence-electron chi connectivity index (χ0n) is 16.5. The number of halogens is 1. The Bertz CT molecular complexity index is 840. The van der Waals surface area contributed by atoms with Crippen LogP contribution in [0.5, 0.6) is 0 Å². The minimum atomic E-state index is -0.438. The largest absolute Gasteiger partial charge is 0.387 e. The molecule has 0 saturated heterocycles. The standard InChI is InChI=1S/C24H31NO.ClH/c1-3-5-15-25(16-6-4-2)18-24(26)21-14-13-20-12-11-19-9-7-8-10-22(19)23(20)17-21;/h7-14,17,24,26H,3-6,15-16,18H2,1-2H3;1H. The third kappa shape index (κ3) is 5.44. The highest BCUT2D eigenvalue weighted by Crippen LogP contribution is 2.28. The van der Waals surface area contributed by atoms with Gasteiger partial charge in [0.05, 0.1) is 6.10 Å². The minimum Gasteiger partial charge on any atom is -0.387 e. The van der Waals surface area contributed by atoms with E-state index in [1.165, 1.54) is 47.2 Å². The lowest BCUT2D eigenvalue weighted by atomic mass is 9.98. The van der Waals surface area contributed by atoms with Gasteiger partial charge in [0, 0.05) is 6.54 Å². The lowest BCUT2D eigenvalue weighted by Gasteiger charge is -2.25. The lowest BCUT2D eigenvalue weighted by molar-refractivity contribution is 0.111. The van der Waals surface area contributed by atoms with Crippen molar-refractivity contribution in [2.45, 2.75) is 45.6 Å². The summed E-state index contributed by atoms with van der Waals surface area (Å²) < 4.78 is 0. The molecule has 0 radical (unpaired) electrons. The molecule has 0 aliphatic rings. The van der Waals surface area contributed by atoms with Crippen molar-refractivity contribution in [3.63, 3.8) is 0 Å². The van der Waals surface area contributed by atoms with Crippen molar-refractivity contribution in [3.8, 4) is 0 Å². The summed E-state index contributed by atoms with van der Waals surface area (Å²) in [7, 11) is 0. The van der Waals surface area contributed by atoms with Crippen LogP contribution >= 0.6 is 12.4 Å². The van der Waals surface area contributed by atoms with E-state index in [0.717, 1.165) is 25.2 Å². The third-order valence-electron chi connectivity index (χ3n) is 5.24. The van der Waals surface area contributed by atoms with E-state index in [1.54, 1.807) is 0 Å². The molecule has 1 unspecified atom stereocenters. The summed E-state index contributed by atoms with van der Waals surface area (Å²) >= 11 is 0. The number of benzene rings is 3. The molecule has 3 heteroatoms. The zero-order chi connectivity index (χ0) is 18.4. The second-order valence-electron chi connectivity index (χ2n) is 7.29. The molecule has 0 aromatic heterocycles. The molecule has 0 aliphatic heterocycles. The van der Waals surface area contributed by atoms with Crippen LogP contribution in [-0.4, -0.2) is 29.6 Å². The van der Waals surface area contributed by atoms with Crippen LogP contribution in [0.15, 0.2) is 54.6 Å². The topological polar surface area (TPSA) is 23.5 Å². The molecule has 0 saturated carbocycles. The Hall–Kier alpha value is -1.61. The number of hydrogen-bond donors (Lipinski definition) is 1. The summed E-state index contributed by atoms with van der Waals surface area (Å²) in [6.45, 7) is 7.32. The first kappa shape index (κ1) is 21.7. The van der Waals surface area contributed by atoms with E-state index >= 15 is 0 Å². The molecule has 0 fully saturated rings. The molecule has 0 spiro atoms. The molecule has 146 valence electrons. The molecular formula is C24H32ClNO. The van der Waals surface area contributed by atoms with Crippen molar-refractivity contribution >= 4 is 34.0 Å². The quantitative estimate of drug-likeness (QED) is 0.434. The lowest BCUT2D eigenvalue weighted by Crippen LogP contribution is -2.30. The first-order valence-corrected chi connectivity index (χ1v) is 10.0. The Morgan fingerprint density at radius 2 is 1.41 bits per heavy atom. The predicted molar refractivity (Wildman–Crippen MR) is 120 cm³/mol. The van der Waals surface area contributed by atoms with Gasteiger partial charge in [0.2, 0.25) is 0 Å². The van der Waals surface area contributed by atoms with Crippen molar-refractivity contribution in [1.82, 2.24) is 4.90 Å². The van der Waals surface area contributed by atoms with Crippen molar-refractivity contribution < 1.29 is 5.11 Å². The molecule has 1 N–H and O–H groups in total. The normalized spacial score (nSPS) is 12.4. The zero-order valence-corrected chi connectivity index (χ0v) is 17.3. The number of nitrogens with zero attached hydrogens (tertiary/aromatic N) is 1. The van der Waals surface area contributed by atoms with E-state index in [0.29, 0.717) is 0 Å². The minimum absolute atomic E-state index is 0. The van der Waals surface area contributed by atoms with Gasteiger partial charge in [-0.15, -0.1) is 12.4 Å². The van der Waals surface area contributed by atoms with Gasteiger partial charge in [-0.3, -0.25) is 0 Å². The van der Waals surface area contributed by atoms with Crippen molar-refractivity contribution in [2.75, 3.05) is 19.6 Å². The first-order valence-electron chi connectivity index (χ1n) is 10.0. The number of fused-ring (bicyclic) bond motifs is 3. The van der Waals surface area contributed by atoms with Gasteiger partial charge in [-0.05, 0) is 59.1 Å². The average Bonchev–Trinajstić information content (AvgIpc) is 2.69. The maximum atomic E-state index is 10.9. The van der Waals surface area contributed by atoms with E-state index in [9.17, 15) is 5.11 Å². The highest BCUT2D eigenvalue weighted by atomic mass is 35.5. The van der Waals surface area contributed by atoms with Crippen LogP contribution < -0.4 is 0 Å². The Kier molecular flexibility index (Phi) is 8.56. The molecule has 2 nitrogen and oxygen atoms in total. The number of aliphatic hydroxyl groups is 1. The first-order chi connectivity index (χ1) is 12.7. The van der Waals surface area contributed by atoms with Crippen LogP contribution in [0.25, 0.3) is 21.5 Å². The fourth-order valence-corrected chi connectivity index (χ4v) is 3.63. The van der Waals surface area contributed by atoms with E-state index in [4.69, 9.17) is 0 Å². The van der Waals surface area contributed by atoms with E-state index in [1.807, 2.05) is 0 Å². The summed E-state index contributed by atoms with van der Waals surface area (Å²) in [4.78, 5) is 2.42. The Balaban J connectivity index is 0.00000261. The van der Waals surface area contributed by atoms with Gasteiger partial charge in [0.15, 0.2) is 0 Å². The Labute approximate surface area is 169 Å². The van der Waals surface area contributed by atoms with Crippen LogP contribution in [0.1, 0.15) is 51.2 Å². The second-order valence-corrected chi connectivity index (χ2v) is 7.29. The summed E-state index contributed by atoms with van der Waals surface area (Å²) in [6.07, 6.45) is 4.34. The molecule has 0 heterocycles. The van der Waals surface area contributed by atoms with Gasteiger partial charge in [-0.1, -0.05) is 75.2 Å². The van der Waals surface area contributed by atoms with Crippen LogP contribution in [0.2, 0.25) is 0 Å². The molecular weight excluding hydrogens is 354 g/mol.